The molecule has 0 amide bonds. The van der Waals surface area contributed by atoms with Gasteiger partial charge in [0.15, 0.2) is 5.96 Å². The van der Waals surface area contributed by atoms with Gasteiger partial charge in [0, 0.05) is 29.3 Å². The second kappa shape index (κ2) is 9.64. The number of aromatic nitrogens is 1. The molecule has 6 heteroatoms. The predicted octanol–water partition coefficient (Wildman–Crippen LogP) is 4.89. The first-order valence-corrected chi connectivity index (χ1v) is 8.88. The molecule has 5 nitrogen and oxygen atoms in total. The smallest absolute Gasteiger partial charge is 0.193 e. The minimum absolute atomic E-state index is 0. The van der Waals surface area contributed by atoms with E-state index >= 15 is 0 Å². The summed E-state index contributed by atoms with van der Waals surface area (Å²) in [4.78, 5) is 7.74. The van der Waals surface area contributed by atoms with Crippen LogP contribution in [0, 0.1) is 0 Å². The number of methoxy groups -OCH3 is 1. The molecule has 0 fully saturated rings. The second-order valence-electron chi connectivity index (χ2n) is 6.62. The topological polar surface area (TPSA) is 75.4 Å². The summed E-state index contributed by atoms with van der Waals surface area (Å²) in [5.41, 5.74) is 10.5. The molecule has 0 atom stereocenters. The average Bonchev–Trinajstić information content (AvgIpc) is 3.05. The third-order valence-corrected chi connectivity index (χ3v) is 4.46. The fraction of sp³-hybridized carbons (Fsp3) is 0.286. The number of nitrogens with zero attached hydrogens (tertiary/aromatic N) is 1. The van der Waals surface area contributed by atoms with Gasteiger partial charge >= 0.3 is 0 Å². The number of aromatic amines is 1. The number of anilines is 1. The van der Waals surface area contributed by atoms with Gasteiger partial charge in [0.05, 0.1) is 7.11 Å². The van der Waals surface area contributed by atoms with Crippen LogP contribution in [0.2, 0.25) is 0 Å². The molecule has 3 rings (SSSR count). The molecule has 4 N–H and O–H groups in total. The quantitative estimate of drug-likeness (QED) is 0.268. The van der Waals surface area contributed by atoms with Crippen LogP contribution in [0.4, 0.5) is 5.69 Å². The molecule has 0 radical (unpaired) electrons. The van der Waals surface area contributed by atoms with Gasteiger partial charge in [-0.2, -0.15) is 0 Å². The van der Waals surface area contributed by atoms with Crippen molar-refractivity contribution < 1.29 is 4.74 Å². The number of benzene rings is 2. The zero-order valence-corrected chi connectivity index (χ0v) is 18.3. The zero-order valence-electron chi connectivity index (χ0n) is 16.0. The van der Waals surface area contributed by atoms with Crippen molar-refractivity contribution in [1.29, 1.82) is 0 Å². The Morgan fingerprint density at radius 1 is 1.22 bits per heavy atom. The van der Waals surface area contributed by atoms with E-state index in [2.05, 4.69) is 41.3 Å². The molecule has 144 valence electrons. The summed E-state index contributed by atoms with van der Waals surface area (Å²) in [6.45, 7) is 4.95. The summed E-state index contributed by atoms with van der Waals surface area (Å²) in [5.74, 6) is 1.78. The Hall–Kier alpha value is -2.22. The molecule has 0 saturated heterocycles. The number of H-pyrrole nitrogens is 1. The minimum Gasteiger partial charge on any atom is -0.496 e. The molecule has 0 saturated carbocycles. The largest absolute Gasteiger partial charge is 0.496 e. The van der Waals surface area contributed by atoms with Gasteiger partial charge in [-0.05, 0) is 47.7 Å². The van der Waals surface area contributed by atoms with Crippen LogP contribution >= 0.6 is 24.0 Å². The van der Waals surface area contributed by atoms with Crippen LogP contribution in [0.3, 0.4) is 0 Å². The van der Waals surface area contributed by atoms with E-state index in [-0.39, 0.29) is 24.0 Å². The lowest BCUT2D eigenvalue weighted by Crippen LogP contribution is -2.23. The SMILES string of the molecule is COc1cccc2[nH]cc(CCN=C(N)Nc3cccc(C(C)C)c3)c12.I. The van der Waals surface area contributed by atoms with Gasteiger partial charge in [-0.15, -0.1) is 24.0 Å². The lowest BCUT2D eigenvalue weighted by atomic mass is 10.0. The Morgan fingerprint density at radius 3 is 2.74 bits per heavy atom. The highest BCUT2D eigenvalue weighted by Crippen LogP contribution is 2.28. The molecule has 0 spiro atoms. The summed E-state index contributed by atoms with van der Waals surface area (Å²) in [7, 11) is 1.69. The van der Waals surface area contributed by atoms with E-state index in [9.17, 15) is 0 Å². The number of fused-ring (bicyclic) bond motifs is 1. The van der Waals surface area contributed by atoms with E-state index in [1.54, 1.807) is 7.11 Å². The highest BCUT2D eigenvalue weighted by atomic mass is 127. The van der Waals surface area contributed by atoms with E-state index < -0.39 is 0 Å². The standard InChI is InChI=1S/C21H26N4O.HI/c1-14(2)15-6-4-7-17(12-15)25-21(22)23-11-10-16-13-24-18-8-5-9-19(26-3)20(16)18;/h4-9,12-14,24H,10-11H2,1-3H3,(H3,22,23,25);1H. The molecule has 0 aliphatic rings. The minimum atomic E-state index is 0. The van der Waals surface area contributed by atoms with Crippen molar-refractivity contribution in [3.8, 4) is 5.75 Å². The molecule has 0 bridgehead atoms. The third kappa shape index (κ3) is 5.15. The first kappa shape index (κ1) is 21.1. The second-order valence-corrected chi connectivity index (χ2v) is 6.62. The molecule has 1 heterocycles. The number of nitrogens with one attached hydrogen (secondary N) is 2. The highest BCUT2D eigenvalue weighted by Gasteiger charge is 2.08. The molecule has 0 aliphatic heterocycles. The molecule has 1 aromatic heterocycles. The van der Waals surface area contributed by atoms with Crippen molar-refractivity contribution in [2.75, 3.05) is 19.0 Å². The number of guanidine groups is 1. The Labute approximate surface area is 177 Å². The summed E-state index contributed by atoms with van der Waals surface area (Å²) in [6.07, 6.45) is 2.80. The van der Waals surface area contributed by atoms with Crippen LogP contribution in [0.25, 0.3) is 10.9 Å². The van der Waals surface area contributed by atoms with Crippen LogP contribution in [-0.4, -0.2) is 24.6 Å². The summed E-state index contributed by atoms with van der Waals surface area (Å²) >= 11 is 0. The third-order valence-electron chi connectivity index (χ3n) is 4.46. The van der Waals surface area contributed by atoms with E-state index in [0.29, 0.717) is 18.4 Å². The van der Waals surface area contributed by atoms with Gasteiger partial charge in [-0.1, -0.05) is 32.0 Å². The van der Waals surface area contributed by atoms with Crippen LogP contribution in [-0.2, 0) is 6.42 Å². The van der Waals surface area contributed by atoms with E-state index in [4.69, 9.17) is 10.5 Å². The monoisotopic (exact) mass is 478 g/mol. The first-order valence-electron chi connectivity index (χ1n) is 8.88. The van der Waals surface area contributed by atoms with Crippen molar-refractivity contribution >= 4 is 46.5 Å². The van der Waals surface area contributed by atoms with Gasteiger partial charge < -0.3 is 20.8 Å². The molecule has 0 unspecified atom stereocenters. The summed E-state index contributed by atoms with van der Waals surface area (Å²) in [5, 5.41) is 4.28. The van der Waals surface area contributed by atoms with E-state index in [1.807, 2.05) is 36.5 Å². The lowest BCUT2D eigenvalue weighted by Gasteiger charge is -2.10. The molecule has 2 aromatic carbocycles. The van der Waals surface area contributed by atoms with E-state index in [1.165, 1.54) is 11.1 Å². The van der Waals surface area contributed by atoms with Crippen LogP contribution < -0.4 is 15.8 Å². The summed E-state index contributed by atoms with van der Waals surface area (Å²) < 4.78 is 5.47. The van der Waals surface area contributed by atoms with Crippen LogP contribution in [0.5, 0.6) is 5.75 Å². The first-order chi connectivity index (χ1) is 12.6. The number of halogens is 1. The van der Waals surface area contributed by atoms with Gasteiger partial charge in [-0.3, -0.25) is 4.99 Å². The Balaban J connectivity index is 0.00000261. The molecule has 0 aliphatic carbocycles. The average molecular weight is 478 g/mol. The fourth-order valence-electron chi connectivity index (χ4n) is 3.05. The number of hydrogen-bond donors (Lipinski definition) is 3. The maximum absolute atomic E-state index is 6.05. The molecule has 3 aromatic rings. The molecular formula is C21H27IN4O. The Bertz CT molecular complexity index is 917. The van der Waals surface area contributed by atoms with Gasteiger partial charge in [0.1, 0.15) is 5.75 Å². The normalized spacial score (nSPS) is 11.5. The Kier molecular flexibility index (Phi) is 7.53. The highest BCUT2D eigenvalue weighted by molar-refractivity contribution is 14.0. The van der Waals surface area contributed by atoms with Gasteiger partial charge in [0.25, 0.3) is 0 Å². The van der Waals surface area contributed by atoms with Crippen molar-refractivity contribution in [1.82, 2.24) is 4.98 Å². The van der Waals surface area contributed by atoms with Crippen molar-refractivity contribution in [3.05, 3.63) is 59.8 Å². The van der Waals surface area contributed by atoms with Crippen LogP contribution in [0.15, 0.2) is 53.7 Å². The number of rotatable bonds is 6. The zero-order chi connectivity index (χ0) is 18.5. The van der Waals surface area contributed by atoms with Crippen molar-refractivity contribution in [2.45, 2.75) is 26.2 Å². The Morgan fingerprint density at radius 2 is 2.00 bits per heavy atom. The molecule has 27 heavy (non-hydrogen) atoms. The maximum Gasteiger partial charge on any atom is 0.193 e. The van der Waals surface area contributed by atoms with Crippen molar-refractivity contribution in [2.24, 2.45) is 10.7 Å². The predicted molar refractivity (Wildman–Crippen MR) is 125 cm³/mol. The van der Waals surface area contributed by atoms with Gasteiger partial charge in [0.2, 0.25) is 0 Å². The lowest BCUT2D eigenvalue weighted by molar-refractivity contribution is 0.419. The molecular weight excluding hydrogens is 451 g/mol. The van der Waals surface area contributed by atoms with E-state index in [0.717, 1.165) is 28.8 Å². The maximum atomic E-state index is 6.05. The fourth-order valence-corrected chi connectivity index (χ4v) is 3.05. The number of aliphatic imine (C=N–C) groups is 1. The summed E-state index contributed by atoms with van der Waals surface area (Å²) in [6, 6.07) is 14.3. The number of hydrogen-bond acceptors (Lipinski definition) is 2. The number of nitrogens with two attached hydrogens (primary N) is 1. The van der Waals surface area contributed by atoms with Crippen molar-refractivity contribution in [3.63, 3.8) is 0 Å². The number of ether oxygens (including phenoxy) is 1. The van der Waals surface area contributed by atoms with Gasteiger partial charge in [-0.25, -0.2) is 0 Å². The van der Waals surface area contributed by atoms with Crippen LogP contribution in [0.1, 0.15) is 30.9 Å².